The average molecular weight is 361 g/mol. The average Bonchev–Trinajstić information content (AvgIpc) is 2.86. The highest BCUT2D eigenvalue weighted by atomic mass is 35.5. The monoisotopic (exact) mass is 360 g/mol. The molecule has 2 rings (SSSR count). The van der Waals surface area contributed by atoms with E-state index in [0.717, 1.165) is 0 Å². The van der Waals surface area contributed by atoms with E-state index in [2.05, 4.69) is 4.98 Å². The normalized spacial score (nSPS) is 19.3. The van der Waals surface area contributed by atoms with Gasteiger partial charge in [-0.15, -0.1) is 0 Å². The number of halogens is 1. The second kappa shape index (κ2) is 7.27. The molecule has 0 bridgehead atoms. The number of sulfone groups is 1. The largest absolute Gasteiger partial charge is 0.452 e. The minimum absolute atomic E-state index is 0.0400. The van der Waals surface area contributed by atoms with Crippen molar-refractivity contribution < 1.29 is 22.7 Å². The summed E-state index contributed by atoms with van der Waals surface area (Å²) in [6, 6.07) is 2.54. The molecule has 1 saturated heterocycles. The number of esters is 1. The summed E-state index contributed by atoms with van der Waals surface area (Å²) in [5.74, 6) is -1.05. The Kier molecular flexibility index (Phi) is 5.59. The molecule has 0 saturated carbocycles. The van der Waals surface area contributed by atoms with E-state index in [0.29, 0.717) is 13.0 Å². The molecule has 1 aromatic rings. The summed E-state index contributed by atoms with van der Waals surface area (Å²) in [4.78, 5) is 29.2. The van der Waals surface area contributed by atoms with E-state index in [1.807, 2.05) is 0 Å². The molecule has 1 amide bonds. The van der Waals surface area contributed by atoms with Crippen LogP contribution in [0.1, 0.15) is 23.7 Å². The Morgan fingerprint density at radius 3 is 2.70 bits per heavy atom. The van der Waals surface area contributed by atoms with Crippen molar-refractivity contribution in [2.24, 2.45) is 0 Å². The highest BCUT2D eigenvalue weighted by Crippen LogP contribution is 2.18. The van der Waals surface area contributed by atoms with Gasteiger partial charge in [0.05, 0.1) is 17.1 Å². The van der Waals surface area contributed by atoms with Crippen LogP contribution < -0.4 is 0 Å². The Morgan fingerprint density at radius 1 is 1.43 bits per heavy atom. The number of pyridine rings is 1. The lowest BCUT2D eigenvalue weighted by Crippen LogP contribution is -2.43. The summed E-state index contributed by atoms with van der Waals surface area (Å²) < 4.78 is 28.0. The van der Waals surface area contributed by atoms with E-state index in [1.54, 1.807) is 6.92 Å². The summed E-state index contributed by atoms with van der Waals surface area (Å²) in [6.45, 7) is 1.68. The van der Waals surface area contributed by atoms with Gasteiger partial charge in [0.2, 0.25) is 0 Å². The van der Waals surface area contributed by atoms with Crippen molar-refractivity contribution in [2.75, 3.05) is 24.7 Å². The predicted octanol–water partition coefficient (Wildman–Crippen LogP) is 0.927. The molecule has 1 aliphatic rings. The molecule has 0 aliphatic carbocycles. The second-order valence-corrected chi connectivity index (χ2v) is 7.80. The molecule has 7 nitrogen and oxygen atoms in total. The number of carbonyl (C=O) groups excluding carboxylic acids is 2. The summed E-state index contributed by atoms with van der Waals surface area (Å²) in [5.41, 5.74) is 0.189. The zero-order valence-electron chi connectivity index (χ0n) is 12.6. The first-order valence-corrected chi connectivity index (χ1v) is 9.31. The molecule has 2 heterocycles. The lowest BCUT2D eigenvalue weighted by molar-refractivity contribution is -0.136. The topological polar surface area (TPSA) is 93.6 Å². The fourth-order valence-electron chi connectivity index (χ4n) is 2.45. The van der Waals surface area contributed by atoms with E-state index in [-0.39, 0.29) is 28.3 Å². The molecular weight excluding hydrogens is 344 g/mol. The van der Waals surface area contributed by atoms with Crippen LogP contribution in [0.3, 0.4) is 0 Å². The van der Waals surface area contributed by atoms with Crippen molar-refractivity contribution in [3.8, 4) is 0 Å². The SMILES string of the molecule is CCN(C(=O)COC(=O)c1ccc(Cl)nc1)[C@@H]1CCS(=O)(=O)C1. The van der Waals surface area contributed by atoms with Crippen LogP contribution in [0.5, 0.6) is 0 Å². The standard InChI is InChI=1S/C14H17ClN2O5S/c1-2-17(11-5-6-23(20,21)9-11)13(18)8-22-14(19)10-3-4-12(15)16-7-10/h3-4,7,11H,2,5-6,8-9H2,1H3/t11-/m1/s1. The predicted molar refractivity (Wildman–Crippen MR) is 84.0 cm³/mol. The molecule has 0 aromatic carbocycles. The highest BCUT2D eigenvalue weighted by Gasteiger charge is 2.34. The van der Waals surface area contributed by atoms with Crippen LogP contribution in [-0.2, 0) is 19.4 Å². The number of rotatable bonds is 5. The third-order valence-corrected chi connectivity index (χ3v) is 5.57. The Hall–Kier alpha value is -1.67. The maximum absolute atomic E-state index is 12.2. The van der Waals surface area contributed by atoms with Crippen molar-refractivity contribution >= 4 is 33.3 Å². The first-order valence-electron chi connectivity index (χ1n) is 7.11. The van der Waals surface area contributed by atoms with E-state index in [4.69, 9.17) is 16.3 Å². The maximum Gasteiger partial charge on any atom is 0.340 e. The number of amides is 1. The van der Waals surface area contributed by atoms with Gasteiger partial charge < -0.3 is 9.64 Å². The molecule has 0 spiro atoms. The maximum atomic E-state index is 12.2. The Bertz CT molecular complexity index is 690. The zero-order valence-corrected chi connectivity index (χ0v) is 14.1. The summed E-state index contributed by atoms with van der Waals surface area (Å²) in [6.07, 6.45) is 1.67. The van der Waals surface area contributed by atoms with E-state index >= 15 is 0 Å². The molecule has 1 aliphatic heterocycles. The van der Waals surface area contributed by atoms with Crippen LogP contribution >= 0.6 is 11.6 Å². The van der Waals surface area contributed by atoms with Gasteiger partial charge in [0.1, 0.15) is 5.15 Å². The lowest BCUT2D eigenvalue weighted by atomic mass is 10.2. The van der Waals surface area contributed by atoms with Gasteiger partial charge in [-0.3, -0.25) is 4.79 Å². The molecule has 23 heavy (non-hydrogen) atoms. The van der Waals surface area contributed by atoms with Gasteiger partial charge in [0, 0.05) is 18.8 Å². The van der Waals surface area contributed by atoms with Gasteiger partial charge in [0.25, 0.3) is 5.91 Å². The van der Waals surface area contributed by atoms with E-state index < -0.39 is 28.3 Å². The van der Waals surface area contributed by atoms with Crippen LogP contribution in [0.4, 0.5) is 0 Å². The minimum Gasteiger partial charge on any atom is -0.452 e. The van der Waals surface area contributed by atoms with Crippen molar-refractivity contribution in [3.63, 3.8) is 0 Å². The molecule has 9 heteroatoms. The van der Waals surface area contributed by atoms with Gasteiger partial charge in [0.15, 0.2) is 16.4 Å². The van der Waals surface area contributed by atoms with Gasteiger partial charge in [-0.1, -0.05) is 11.6 Å². The smallest absolute Gasteiger partial charge is 0.340 e. The van der Waals surface area contributed by atoms with Crippen molar-refractivity contribution in [1.82, 2.24) is 9.88 Å². The zero-order chi connectivity index (χ0) is 17.0. The number of ether oxygens (including phenoxy) is 1. The molecule has 1 aromatic heterocycles. The number of aromatic nitrogens is 1. The van der Waals surface area contributed by atoms with Crippen molar-refractivity contribution in [3.05, 3.63) is 29.0 Å². The van der Waals surface area contributed by atoms with Gasteiger partial charge >= 0.3 is 5.97 Å². The van der Waals surface area contributed by atoms with Crippen molar-refractivity contribution in [1.29, 1.82) is 0 Å². The molecule has 0 radical (unpaired) electrons. The van der Waals surface area contributed by atoms with Gasteiger partial charge in [-0.25, -0.2) is 18.2 Å². The Morgan fingerprint density at radius 2 is 2.17 bits per heavy atom. The Labute approximate surface area is 139 Å². The summed E-state index contributed by atoms with van der Waals surface area (Å²) >= 11 is 5.63. The number of hydrogen-bond acceptors (Lipinski definition) is 6. The molecular formula is C14H17ClN2O5S. The first kappa shape index (κ1) is 17.7. The van der Waals surface area contributed by atoms with Crippen LogP contribution in [0.2, 0.25) is 5.15 Å². The molecule has 0 N–H and O–H groups in total. The van der Waals surface area contributed by atoms with Crippen LogP contribution in [0.25, 0.3) is 0 Å². The number of nitrogens with zero attached hydrogens (tertiary/aromatic N) is 2. The fraction of sp³-hybridized carbons (Fsp3) is 0.500. The van der Waals surface area contributed by atoms with Crippen LogP contribution in [-0.4, -0.2) is 60.9 Å². The second-order valence-electron chi connectivity index (χ2n) is 5.18. The molecule has 1 atom stereocenters. The quantitative estimate of drug-likeness (QED) is 0.572. The summed E-state index contributed by atoms with van der Waals surface area (Å²) in [7, 11) is -3.08. The van der Waals surface area contributed by atoms with Crippen LogP contribution in [0, 0.1) is 0 Å². The van der Waals surface area contributed by atoms with E-state index in [1.165, 1.54) is 23.2 Å². The lowest BCUT2D eigenvalue weighted by Gasteiger charge is -2.26. The number of carbonyl (C=O) groups is 2. The molecule has 0 unspecified atom stereocenters. The minimum atomic E-state index is -3.08. The van der Waals surface area contributed by atoms with Gasteiger partial charge in [-0.2, -0.15) is 0 Å². The van der Waals surface area contributed by atoms with Crippen LogP contribution in [0.15, 0.2) is 18.3 Å². The van der Waals surface area contributed by atoms with Crippen molar-refractivity contribution in [2.45, 2.75) is 19.4 Å². The van der Waals surface area contributed by atoms with Gasteiger partial charge in [-0.05, 0) is 25.5 Å². The first-order chi connectivity index (χ1) is 10.8. The third kappa shape index (κ3) is 4.65. The molecule has 1 fully saturated rings. The third-order valence-electron chi connectivity index (χ3n) is 3.60. The highest BCUT2D eigenvalue weighted by molar-refractivity contribution is 7.91. The fourth-order valence-corrected chi connectivity index (χ4v) is 4.29. The number of likely N-dealkylation sites (N-methyl/N-ethyl adjacent to an activating group) is 1. The number of hydrogen-bond donors (Lipinski definition) is 0. The van der Waals surface area contributed by atoms with E-state index in [9.17, 15) is 18.0 Å². The summed E-state index contributed by atoms with van der Waals surface area (Å²) in [5, 5.41) is 0.247. The Balaban J connectivity index is 1.92. The molecule has 126 valence electrons.